The molecule has 1 heterocycles. The molecule has 1 saturated heterocycles. The smallest absolute Gasteiger partial charge is 0.116 e. The molecule has 1 aliphatic heterocycles. The molecule has 3 nitrogen and oxygen atoms in total. The van der Waals surface area contributed by atoms with E-state index >= 15 is 0 Å². The summed E-state index contributed by atoms with van der Waals surface area (Å²) in [5, 5.41) is 11.1. The maximum absolute atomic E-state index is 11.1. The van der Waals surface area contributed by atoms with E-state index in [-0.39, 0.29) is 6.10 Å². The first-order valence-electron chi connectivity index (χ1n) is 9.82. The summed E-state index contributed by atoms with van der Waals surface area (Å²) in [5.41, 5.74) is 2.94. The maximum Gasteiger partial charge on any atom is 0.116 e. The van der Waals surface area contributed by atoms with Gasteiger partial charge < -0.3 is 14.7 Å². The van der Waals surface area contributed by atoms with Crippen LogP contribution in [0.3, 0.4) is 0 Å². The van der Waals surface area contributed by atoms with E-state index in [2.05, 4.69) is 49.1 Å². The zero-order valence-electron chi connectivity index (χ0n) is 16.0. The average molecular weight is 344 g/mol. The summed E-state index contributed by atoms with van der Waals surface area (Å²) in [6.07, 6.45) is 8.49. The van der Waals surface area contributed by atoms with Crippen LogP contribution in [0.2, 0.25) is 0 Å². The molecule has 3 heteroatoms. The molecule has 0 aromatic heterocycles. The largest absolute Gasteiger partial charge is 0.382 e. The van der Waals surface area contributed by atoms with E-state index in [1.54, 1.807) is 7.11 Å². The lowest BCUT2D eigenvalue weighted by Gasteiger charge is -2.39. The lowest BCUT2D eigenvalue weighted by atomic mass is 9.77. The molecule has 3 rings (SSSR count). The van der Waals surface area contributed by atoms with Crippen LogP contribution >= 0.6 is 0 Å². The minimum absolute atomic E-state index is 0.0918. The van der Waals surface area contributed by atoms with Crippen LogP contribution in [0.4, 0.5) is 0 Å². The Hall–Kier alpha value is -1.16. The highest BCUT2D eigenvalue weighted by molar-refractivity contribution is 5.54. The van der Waals surface area contributed by atoms with Gasteiger partial charge in [-0.2, -0.15) is 0 Å². The first kappa shape index (κ1) is 18.6. The Morgan fingerprint density at radius 1 is 1.16 bits per heavy atom. The second-order valence-corrected chi connectivity index (χ2v) is 7.95. The molecule has 0 amide bonds. The van der Waals surface area contributed by atoms with Crippen molar-refractivity contribution in [3.8, 4) is 0 Å². The van der Waals surface area contributed by atoms with E-state index in [1.165, 1.54) is 11.1 Å². The number of hydrogen-bond acceptors (Lipinski definition) is 3. The fraction of sp³-hybridized carbons (Fsp3) is 0.636. The van der Waals surface area contributed by atoms with Gasteiger partial charge in [-0.15, -0.1) is 0 Å². The predicted molar refractivity (Wildman–Crippen MR) is 104 cm³/mol. The van der Waals surface area contributed by atoms with Crippen molar-refractivity contribution in [3.05, 3.63) is 41.0 Å². The van der Waals surface area contributed by atoms with E-state index < -0.39 is 5.60 Å². The molecule has 2 unspecified atom stereocenters. The highest BCUT2D eigenvalue weighted by Gasteiger charge is 2.40. The van der Waals surface area contributed by atoms with Crippen LogP contribution in [0.15, 0.2) is 29.8 Å². The van der Waals surface area contributed by atoms with Gasteiger partial charge in [-0.05, 0) is 50.7 Å². The Morgan fingerprint density at radius 2 is 1.84 bits per heavy atom. The second kappa shape index (κ2) is 8.03. The summed E-state index contributed by atoms with van der Waals surface area (Å²) in [6, 6.07) is 9.12. The van der Waals surface area contributed by atoms with Gasteiger partial charge in [0.05, 0.1) is 6.10 Å². The van der Waals surface area contributed by atoms with Crippen molar-refractivity contribution >= 4 is 6.08 Å². The summed E-state index contributed by atoms with van der Waals surface area (Å²) in [5.74, 6) is 0. The Morgan fingerprint density at radius 3 is 2.44 bits per heavy atom. The Kier molecular flexibility index (Phi) is 5.98. The molecule has 1 aromatic carbocycles. The number of piperidine rings is 1. The van der Waals surface area contributed by atoms with Crippen LogP contribution in [0.1, 0.15) is 63.5 Å². The minimum Gasteiger partial charge on any atom is -0.382 e. The van der Waals surface area contributed by atoms with Crippen LogP contribution < -0.4 is 0 Å². The van der Waals surface area contributed by atoms with Crippen LogP contribution in [0.25, 0.3) is 6.08 Å². The van der Waals surface area contributed by atoms with Crippen LogP contribution in [-0.4, -0.2) is 42.4 Å². The number of methoxy groups -OCH3 is 1. The third-order valence-electron chi connectivity index (χ3n) is 6.04. The molecule has 2 fully saturated rings. The van der Waals surface area contributed by atoms with Crippen molar-refractivity contribution in [2.45, 2.75) is 70.1 Å². The second-order valence-electron chi connectivity index (χ2n) is 7.95. The molecule has 0 spiro atoms. The van der Waals surface area contributed by atoms with Crippen LogP contribution in [0, 0.1) is 0 Å². The molecule has 2 aliphatic rings. The fourth-order valence-electron chi connectivity index (χ4n) is 4.34. The molecule has 25 heavy (non-hydrogen) atoms. The number of nitrogens with zero attached hydrogens (tertiary/aromatic N) is 1. The van der Waals surface area contributed by atoms with Gasteiger partial charge in [0.1, 0.15) is 5.60 Å². The summed E-state index contributed by atoms with van der Waals surface area (Å²) < 4.78 is 5.58. The van der Waals surface area contributed by atoms with Gasteiger partial charge in [-0.3, -0.25) is 0 Å². The third-order valence-corrected chi connectivity index (χ3v) is 6.04. The van der Waals surface area contributed by atoms with Crippen molar-refractivity contribution in [1.29, 1.82) is 0 Å². The van der Waals surface area contributed by atoms with E-state index in [1.807, 2.05) is 0 Å². The van der Waals surface area contributed by atoms with Gasteiger partial charge in [-0.1, -0.05) is 48.8 Å². The highest BCUT2D eigenvalue weighted by Crippen LogP contribution is 2.39. The van der Waals surface area contributed by atoms with Gasteiger partial charge in [0.15, 0.2) is 0 Å². The normalized spacial score (nSPS) is 28.4. The molecule has 1 aliphatic carbocycles. The van der Waals surface area contributed by atoms with Gasteiger partial charge in [0.25, 0.3) is 0 Å². The zero-order valence-corrected chi connectivity index (χ0v) is 16.0. The molecular weight excluding hydrogens is 310 g/mol. The standard InChI is InChI=1S/C22H33NO2/c1-17(2)23-14-11-19(12-15-23)16-18-7-9-20(10-8-18)22(24)13-5-4-6-21(22)25-3/h7-10,16-17,21,24H,4-6,11-15H2,1-3H3. The molecule has 2 atom stereocenters. The van der Waals surface area contributed by atoms with Gasteiger partial charge >= 0.3 is 0 Å². The van der Waals surface area contributed by atoms with Crippen molar-refractivity contribution < 1.29 is 9.84 Å². The number of ether oxygens (including phenoxy) is 1. The quantitative estimate of drug-likeness (QED) is 0.882. The van der Waals surface area contributed by atoms with Gasteiger partial charge in [-0.25, -0.2) is 0 Å². The first-order valence-corrected chi connectivity index (χ1v) is 9.82. The summed E-state index contributed by atoms with van der Waals surface area (Å²) in [4.78, 5) is 2.55. The Labute approximate surface area is 152 Å². The molecule has 138 valence electrons. The Balaban J connectivity index is 1.69. The summed E-state index contributed by atoms with van der Waals surface area (Å²) in [6.45, 7) is 6.88. The first-order chi connectivity index (χ1) is 12.0. The fourth-order valence-corrected chi connectivity index (χ4v) is 4.34. The Bertz CT molecular complexity index is 583. The topological polar surface area (TPSA) is 32.7 Å². The van der Waals surface area contributed by atoms with E-state index in [9.17, 15) is 5.11 Å². The predicted octanol–water partition coefficient (Wildman–Crippen LogP) is 4.35. The van der Waals surface area contributed by atoms with Crippen LogP contribution in [0.5, 0.6) is 0 Å². The molecule has 1 N–H and O–H groups in total. The SMILES string of the molecule is COC1CCCCC1(O)c1ccc(C=C2CCN(C(C)C)CC2)cc1. The monoisotopic (exact) mass is 343 g/mol. The zero-order chi connectivity index (χ0) is 17.9. The molecule has 0 bridgehead atoms. The van der Waals surface area contributed by atoms with Crippen LogP contribution in [-0.2, 0) is 10.3 Å². The number of likely N-dealkylation sites (tertiary alicyclic amines) is 1. The maximum atomic E-state index is 11.1. The van der Waals surface area contributed by atoms with E-state index in [4.69, 9.17) is 4.74 Å². The van der Waals surface area contributed by atoms with E-state index in [0.717, 1.165) is 57.2 Å². The van der Waals surface area contributed by atoms with Crippen molar-refractivity contribution in [2.75, 3.05) is 20.2 Å². The lowest BCUT2D eigenvalue weighted by molar-refractivity contribution is -0.122. The number of hydrogen-bond donors (Lipinski definition) is 1. The number of rotatable bonds is 4. The molecule has 0 radical (unpaired) electrons. The van der Waals surface area contributed by atoms with Gasteiger partial charge in [0.2, 0.25) is 0 Å². The van der Waals surface area contributed by atoms with E-state index in [0.29, 0.717) is 6.04 Å². The van der Waals surface area contributed by atoms with Gasteiger partial charge in [0, 0.05) is 26.2 Å². The summed E-state index contributed by atoms with van der Waals surface area (Å²) >= 11 is 0. The average Bonchev–Trinajstić information content (AvgIpc) is 2.63. The summed E-state index contributed by atoms with van der Waals surface area (Å²) in [7, 11) is 1.71. The third kappa shape index (κ3) is 4.16. The minimum atomic E-state index is -0.832. The van der Waals surface area contributed by atoms with Crippen molar-refractivity contribution in [3.63, 3.8) is 0 Å². The number of aliphatic hydroxyl groups is 1. The molecule has 1 saturated carbocycles. The number of benzene rings is 1. The molecule has 1 aromatic rings. The molecular formula is C22H33NO2. The van der Waals surface area contributed by atoms with Crippen molar-refractivity contribution in [2.24, 2.45) is 0 Å². The lowest BCUT2D eigenvalue weighted by Crippen LogP contribution is -2.43. The highest BCUT2D eigenvalue weighted by atomic mass is 16.5. The van der Waals surface area contributed by atoms with Crippen molar-refractivity contribution in [1.82, 2.24) is 4.90 Å².